The molecule has 0 saturated carbocycles. The summed E-state index contributed by atoms with van der Waals surface area (Å²) in [6, 6.07) is 16.7. The van der Waals surface area contributed by atoms with Crippen LogP contribution in [0.5, 0.6) is 0 Å². The van der Waals surface area contributed by atoms with Crippen LogP contribution in [0.2, 0.25) is 5.02 Å². The summed E-state index contributed by atoms with van der Waals surface area (Å²) in [5.74, 6) is -0.362. The molecule has 2 aromatic carbocycles. The molecule has 0 atom stereocenters. The molecular weight excluding hydrogens is 378 g/mol. The van der Waals surface area contributed by atoms with Crippen molar-refractivity contribution in [1.82, 2.24) is 4.98 Å². The molecule has 0 unspecified atom stereocenters. The fraction of sp³-hybridized carbons (Fsp3) is 0.0952. The van der Waals surface area contributed by atoms with Crippen LogP contribution < -0.4 is 5.32 Å². The number of aryl methyl sites for hydroxylation is 2. The zero-order chi connectivity index (χ0) is 19.6. The molecule has 6 heteroatoms. The lowest BCUT2D eigenvalue weighted by atomic mass is 9.94. The van der Waals surface area contributed by atoms with Gasteiger partial charge < -0.3 is 10.3 Å². The summed E-state index contributed by atoms with van der Waals surface area (Å²) in [4.78, 5) is 16.1. The lowest BCUT2D eigenvalue weighted by molar-refractivity contribution is 0.102. The van der Waals surface area contributed by atoms with E-state index in [2.05, 4.69) is 16.4 Å². The summed E-state index contributed by atoms with van der Waals surface area (Å²) < 4.78 is 0.305. The van der Waals surface area contributed by atoms with Gasteiger partial charge in [-0.05, 0) is 31.5 Å². The highest BCUT2D eigenvalue weighted by Gasteiger charge is 2.22. The van der Waals surface area contributed by atoms with E-state index in [4.69, 9.17) is 23.8 Å². The van der Waals surface area contributed by atoms with Crippen molar-refractivity contribution in [3.05, 3.63) is 80.6 Å². The number of hydrogen-bond donors (Lipinski definition) is 2. The van der Waals surface area contributed by atoms with Gasteiger partial charge in [0.1, 0.15) is 10.7 Å². The van der Waals surface area contributed by atoms with Crippen LogP contribution in [0.25, 0.3) is 11.1 Å². The average Bonchev–Trinajstić information content (AvgIpc) is 2.63. The van der Waals surface area contributed by atoms with Crippen LogP contribution in [0.15, 0.2) is 48.5 Å². The molecular formula is C21H16ClN3OS. The Kier molecular flexibility index (Phi) is 5.41. The third-order valence-corrected chi connectivity index (χ3v) is 4.84. The maximum absolute atomic E-state index is 13.1. The second-order valence-electron chi connectivity index (χ2n) is 6.12. The SMILES string of the molecule is Cc1ccc(-c2c(C(=O)Nc3ccccc3Cl)c(C)[nH]c(=S)c2C#N)cc1. The lowest BCUT2D eigenvalue weighted by Gasteiger charge is -2.16. The number of halogens is 1. The van der Waals surface area contributed by atoms with Gasteiger partial charge >= 0.3 is 0 Å². The Morgan fingerprint density at radius 1 is 1.15 bits per heavy atom. The van der Waals surface area contributed by atoms with Gasteiger partial charge in [0.2, 0.25) is 0 Å². The van der Waals surface area contributed by atoms with Gasteiger partial charge in [-0.1, -0.05) is 65.8 Å². The summed E-state index contributed by atoms with van der Waals surface area (Å²) in [5, 5.41) is 12.9. The number of nitrogens with one attached hydrogen (secondary N) is 2. The van der Waals surface area contributed by atoms with Crippen molar-refractivity contribution >= 4 is 35.4 Å². The third-order valence-electron chi connectivity index (χ3n) is 4.20. The highest BCUT2D eigenvalue weighted by atomic mass is 35.5. The van der Waals surface area contributed by atoms with Gasteiger partial charge in [0, 0.05) is 11.3 Å². The van der Waals surface area contributed by atoms with Gasteiger partial charge in [0.15, 0.2) is 0 Å². The van der Waals surface area contributed by atoms with Gasteiger partial charge in [-0.2, -0.15) is 5.26 Å². The largest absolute Gasteiger partial charge is 0.348 e. The van der Waals surface area contributed by atoms with Crippen molar-refractivity contribution in [3.8, 4) is 17.2 Å². The zero-order valence-corrected chi connectivity index (χ0v) is 16.3. The van der Waals surface area contributed by atoms with Crippen LogP contribution >= 0.6 is 23.8 Å². The standard InChI is InChI=1S/C21H16ClN3OS/c1-12-7-9-14(10-8-12)19-15(11-23)21(27)24-13(2)18(19)20(26)25-17-6-4-3-5-16(17)22/h3-10H,1-2H3,(H,24,27)(H,25,26). The highest BCUT2D eigenvalue weighted by molar-refractivity contribution is 7.71. The number of benzene rings is 2. The van der Waals surface area contributed by atoms with Crippen LogP contribution in [0.3, 0.4) is 0 Å². The topological polar surface area (TPSA) is 68.7 Å². The second-order valence-corrected chi connectivity index (χ2v) is 6.93. The van der Waals surface area contributed by atoms with Crippen molar-refractivity contribution in [2.24, 2.45) is 0 Å². The molecule has 0 saturated heterocycles. The summed E-state index contributed by atoms with van der Waals surface area (Å²) in [7, 11) is 0. The third kappa shape index (κ3) is 3.77. The molecule has 27 heavy (non-hydrogen) atoms. The number of aromatic amines is 1. The normalized spacial score (nSPS) is 10.3. The van der Waals surface area contributed by atoms with Crippen molar-refractivity contribution in [2.75, 3.05) is 5.32 Å². The van der Waals surface area contributed by atoms with Crippen molar-refractivity contribution in [2.45, 2.75) is 13.8 Å². The summed E-state index contributed by atoms with van der Waals surface area (Å²) in [5.41, 5.74) is 4.07. The molecule has 4 nitrogen and oxygen atoms in total. The number of amides is 1. The molecule has 0 aliphatic rings. The zero-order valence-electron chi connectivity index (χ0n) is 14.8. The van der Waals surface area contributed by atoms with E-state index in [1.165, 1.54) is 0 Å². The minimum absolute atomic E-state index is 0.267. The molecule has 0 aliphatic carbocycles. The van der Waals surface area contributed by atoms with Crippen molar-refractivity contribution < 1.29 is 4.79 Å². The number of para-hydroxylation sites is 1. The van der Waals surface area contributed by atoms with E-state index < -0.39 is 0 Å². The number of carbonyl (C=O) groups is 1. The van der Waals surface area contributed by atoms with Gasteiger partial charge in [0.05, 0.1) is 21.8 Å². The summed E-state index contributed by atoms with van der Waals surface area (Å²) in [6.07, 6.45) is 0. The highest BCUT2D eigenvalue weighted by Crippen LogP contribution is 2.31. The predicted octanol–water partition coefficient (Wildman–Crippen LogP) is 5.81. The number of pyridine rings is 1. The van der Waals surface area contributed by atoms with Crippen LogP contribution in [0.1, 0.15) is 27.2 Å². The van der Waals surface area contributed by atoms with E-state index in [9.17, 15) is 10.1 Å². The lowest BCUT2D eigenvalue weighted by Crippen LogP contribution is -2.17. The smallest absolute Gasteiger partial charge is 0.258 e. The van der Waals surface area contributed by atoms with Crippen molar-refractivity contribution in [3.63, 3.8) is 0 Å². The monoisotopic (exact) mass is 393 g/mol. The molecule has 0 fully saturated rings. The fourth-order valence-corrected chi connectivity index (χ4v) is 3.35. The Hall–Kier alpha value is -2.94. The number of H-pyrrole nitrogens is 1. The molecule has 0 radical (unpaired) electrons. The van der Waals surface area contributed by atoms with E-state index in [1.807, 2.05) is 31.2 Å². The Morgan fingerprint density at radius 3 is 2.44 bits per heavy atom. The van der Waals surface area contributed by atoms with Gasteiger partial charge in [-0.25, -0.2) is 0 Å². The van der Waals surface area contributed by atoms with E-state index in [0.717, 1.165) is 11.1 Å². The Morgan fingerprint density at radius 2 is 1.81 bits per heavy atom. The molecule has 0 bridgehead atoms. The van der Waals surface area contributed by atoms with E-state index in [-0.39, 0.29) is 11.5 Å². The maximum atomic E-state index is 13.1. The number of anilines is 1. The molecule has 0 aliphatic heterocycles. The fourth-order valence-electron chi connectivity index (χ4n) is 2.87. The number of hydrogen-bond acceptors (Lipinski definition) is 3. The molecule has 3 aromatic rings. The van der Waals surface area contributed by atoms with Crippen LogP contribution in [-0.4, -0.2) is 10.9 Å². The molecule has 2 N–H and O–H groups in total. The first-order valence-corrected chi connectivity index (χ1v) is 9.01. The first kappa shape index (κ1) is 18.8. The minimum Gasteiger partial charge on any atom is -0.348 e. The molecule has 1 amide bonds. The van der Waals surface area contributed by atoms with Gasteiger partial charge in [-0.3, -0.25) is 4.79 Å². The van der Waals surface area contributed by atoms with E-state index in [0.29, 0.717) is 32.2 Å². The number of nitrogens with zero attached hydrogens (tertiary/aromatic N) is 1. The molecule has 0 spiro atoms. The van der Waals surface area contributed by atoms with Crippen LogP contribution in [-0.2, 0) is 0 Å². The number of rotatable bonds is 3. The van der Waals surface area contributed by atoms with Crippen molar-refractivity contribution in [1.29, 1.82) is 5.26 Å². The first-order chi connectivity index (χ1) is 12.9. The van der Waals surface area contributed by atoms with E-state index in [1.54, 1.807) is 31.2 Å². The Labute approximate surface area is 167 Å². The first-order valence-electron chi connectivity index (χ1n) is 8.22. The Bertz CT molecular complexity index is 1130. The summed E-state index contributed by atoms with van der Waals surface area (Å²) >= 11 is 11.5. The summed E-state index contributed by atoms with van der Waals surface area (Å²) in [6.45, 7) is 3.73. The van der Waals surface area contributed by atoms with E-state index >= 15 is 0 Å². The average molecular weight is 394 g/mol. The quantitative estimate of drug-likeness (QED) is 0.552. The Balaban J connectivity index is 2.21. The van der Waals surface area contributed by atoms with Crippen LogP contribution in [0.4, 0.5) is 5.69 Å². The molecule has 3 rings (SSSR count). The maximum Gasteiger partial charge on any atom is 0.258 e. The van der Waals surface area contributed by atoms with Gasteiger partial charge in [0.25, 0.3) is 5.91 Å². The minimum atomic E-state index is -0.362. The molecule has 1 aromatic heterocycles. The molecule has 134 valence electrons. The number of aromatic nitrogens is 1. The number of nitriles is 1. The van der Waals surface area contributed by atoms with Crippen LogP contribution in [0, 0.1) is 29.8 Å². The molecule has 1 heterocycles. The van der Waals surface area contributed by atoms with Gasteiger partial charge in [-0.15, -0.1) is 0 Å². The number of carbonyl (C=O) groups excluding carboxylic acids is 1. The predicted molar refractivity (Wildman–Crippen MR) is 111 cm³/mol. The second kappa shape index (κ2) is 7.75.